The fourth-order valence-electron chi connectivity index (χ4n) is 6.25. The Morgan fingerprint density at radius 3 is 2.40 bits per heavy atom. The van der Waals surface area contributed by atoms with E-state index in [2.05, 4.69) is 112 Å². The molecule has 7 nitrogen and oxygen atoms in total. The normalized spacial score (nSPS) is 15.2. The maximum Gasteiger partial charge on any atom is 0.309 e. The van der Waals surface area contributed by atoms with Gasteiger partial charge in [0, 0.05) is 42.7 Å². The number of rotatable bonds is 12. The predicted molar refractivity (Wildman–Crippen MR) is 167 cm³/mol. The molecule has 215 valence electrons. The molecule has 1 radical (unpaired) electrons. The highest BCUT2D eigenvalue weighted by Gasteiger charge is 2.31. The summed E-state index contributed by atoms with van der Waals surface area (Å²) in [5.41, 5.74) is 6.33. The molecular weight excluding hydrogens is 520 g/mol. The topological polar surface area (TPSA) is 78.8 Å². The zero-order chi connectivity index (χ0) is 28.7. The number of H-pyrrole nitrogens is 1. The summed E-state index contributed by atoms with van der Waals surface area (Å²) in [5, 5.41) is 13.9. The number of nitrogens with one attached hydrogen (secondary N) is 2. The molecular formula is C35H39N6O. The molecule has 7 heteroatoms. The van der Waals surface area contributed by atoms with Crippen molar-refractivity contribution >= 4 is 17.3 Å². The van der Waals surface area contributed by atoms with Crippen LogP contribution in [0.2, 0.25) is 0 Å². The van der Waals surface area contributed by atoms with Gasteiger partial charge >= 0.3 is 6.41 Å². The van der Waals surface area contributed by atoms with Gasteiger partial charge in [0.1, 0.15) is 5.82 Å². The number of hydrogen-bond acceptors (Lipinski definition) is 4. The summed E-state index contributed by atoms with van der Waals surface area (Å²) < 4.78 is 2.37. The molecule has 0 bridgehead atoms. The minimum Gasteiger partial charge on any atom is -0.361 e. The third-order valence-electron chi connectivity index (χ3n) is 8.73. The third kappa shape index (κ3) is 6.31. The van der Waals surface area contributed by atoms with E-state index in [1.807, 2.05) is 6.41 Å². The van der Waals surface area contributed by atoms with Crippen molar-refractivity contribution in [3.63, 3.8) is 0 Å². The van der Waals surface area contributed by atoms with Crippen LogP contribution < -0.4 is 5.32 Å². The van der Waals surface area contributed by atoms with Crippen LogP contribution in [0.1, 0.15) is 59.7 Å². The first-order valence-corrected chi connectivity index (χ1v) is 15.2. The lowest BCUT2D eigenvalue weighted by molar-refractivity contribution is 0.139. The Labute approximate surface area is 248 Å². The molecule has 1 atom stereocenters. The minimum atomic E-state index is 0.0539. The Hall–Kier alpha value is -4.23. The number of likely N-dealkylation sites (tertiary alicyclic amines) is 1. The average molecular weight is 560 g/mol. The van der Waals surface area contributed by atoms with Gasteiger partial charge in [0.05, 0.1) is 12.6 Å². The predicted octanol–water partition coefficient (Wildman–Crippen LogP) is 5.56. The minimum absolute atomic E-state index is 0.0539. The summed E-state index contributed by atoms with van der Waals surface area (Å²) >= 11 is 0. The van der Waals surface area contributed by atoms with E-state index in [-0.39, 0.29) is 12.1 Å². The maximum absolute atomic E-state index is 11.0. The molecule has 0 spiro atoms. The summed E-state index contributed by atoms with van der Waals surface area (Å²) in [6.07, 6.45) is 9.43. The van der Waals surface area contributed by atoms with Gasteiger partial charge in [0.2, 0.25) is 0 Å². The van der Waals surface area contributed by atoms with Gasteiger partial charge in [0.15, 0.2) is 5.82 Å². The van der Waals surface area contributed by atoms with Crippen molar-refractivity contribution in [2.75, 3.05) is 13.1 Å². The number of benzene rings is 3. The lowest BCUT2D eigenvalue weighted by atomic mass is 9.98. The van der Waals surface area contributed by atoms with Gasteiger partial charge in [-0.3, -0.25) is 9.69 Å². The van der Waals surface area contributed by atoms with Gasteiger partial charge in [-0.1, -0.05) is 79.7 Å². The van der Waals surface area contributed by atoms with Gasteiger partial charge in [-0.15, -0.1) is 10.2 Å². The van der Waals surface area contributed by atoms with Gasteiger partial charge in [-0.25, -0.2) is 0 Å². The van der Waals surface area contributed by atoms with E-state index in [0.717, 1.165) is 75.3 Å². The van der Waals surface area contributed by atoms with Gasteiger partial charge in [-0.05, 0) is 60.4 Å². The molecule has 1 amide bonds. The summed E-state index contributed by atoms with van der Waals surface area (Å²) in [5.74, 6) is 2.03. The van der Waals surface area contributed by atoms with Crippen LogP contribution in [0.25, 0.3) is 10.9 Å². The van der Waals surface area contributed by atoms with Crippen molar-refractivity contribution in [1.29, 1.82) is 0 Å². The van der Waals surface area contributed by atoms with E-state index in [4.69, 9.17) is 10.2 Å². The number of amides is 1. The van der Waals surface area contributed by atoms with E-state index < -0.39 is 0 Å². The highest BCUT2D eigenvalue weighted by molar-refractivity contribution is 5.83. The molecule has 3 heterocycles. The van der Waals surface area contributed by atoms with Crippen LogP contribution in [0, 0.1) is 0 Å². The van der Waals surface area contributed by atoms with Crippen molar-refractivity contribution in [1.82, 2.24) is 30.0 Å². The van der Waals surface area contributed by atoms with Gasteiger partial charge in [0.25, 0.3) is 0 Å². The van der Waals surface area contributed by atoms with Crippen molar-refractivity contribution in [2.24, 2.45) is 0 Å². The summed E-state index contributed by atoms with van der Waals surface area (Å²) in [4.78, 5) is 17.0. The monoisotopic (exact) mass is 559 g/mol. The van der Waals surface area contributed by atoms with E-state index >= 15 is 0 Å². The van der Waals surface area contributed by atoms with E-state index in [1.54, 1.807) is 0 Å². The molecule has 1 saturated heterocycles. The first-order valence-electron chi connectivity index (χ1n) is 15.2. The first kappa shape index (κ1) is 27.9. The molecule has 3 aromatic carbocycles. The number of aryl methyl sites for hydroxylation is 3. The molecule has 0 aliphatic carbocycles. The molecule has 0 saturated carbocycles. The molecule has 1 aliphatic rings. The average Bonchev–Trinajstić information content (AvgIpc) is 3.64. The van der Waals surface area contributed by atoms with Crippen molar-refractivity contribution in [3.8, 4) is 0 Å². The Bertz CT molecular complexity index is 1580. The zero-order valence-electron chi connectivity index (χ0n) is 24.3. The summed E-state index contributed by atoms with van der Waals surface area (Å²) in [7, 11) is 0. The van der Waals surface area contributed by atoms with E-state index in [9.17, 15) is 4.79 Å². The molecule has 0 unspecified atom stereocenters. The Morgan fingerprint density at radius 2 is 1.64 bits per heavy atom. The summed E-state index contributed by atoms with van der Waals surface area (Å²) in [6.45, 7) is 4.68. The number of fused-ring (bicyclic) bond motifs is 1. The Balaban J connectivity index is 1.36. The first-order chi connectivity index (χ1) is 20.7. The molecule has 2 aromatic heterocycles. The Kier molecular flexibility index (Phi) is 8.75. The number of piperidine rings is 1. The third-order valence-corrected chi connectivity index (χ3v) is 8.73. The van der Waals surface area contributed by atoms with Crippen LogP contribution in [0.3, 0.4) is 0 Å². The number of para-hydroxylation sites is 1. The summed E-state index contributed by atoms with van der Waals surface area (Å²) in [6, 6.07) is 28.3. The number of carbonyl (C=O) groups excluding carboxylic acids is 1. The smallest absolute Gasteiger partial charge is 0.309 e. The van der Waals surface area contributed by atoms with Crippen LogP contribution in [-0.4, -0.2) is 50.2 Å². The second-order valence-electron chi connectivity index (χ2n) is 11.4. The van der Waals surface area contributed by atoms with Crippen molar-refractivity contribution in [2.45, 2.75) is 64.1 Å². The molecule has 1 fully saturated rings. The molecule has 1 aliphatic heterocycles. The number of hydrogen-bond donors (Lipinski definition) is 2. The van der Waals surface area contributed by atoms with Crippen LogP contribution in [0.5, 0.6) is 0 Å². The van der Waals surface area contributed by atoms with Crippen LogP contribution in [0.15, 0.2) is 85.1 Å². The van der Waals surface area contributed by atoms with E-state index in [0.29, 0.717) is 0 Å². The zero-order valence-corrected chi connectivity index (χ0v) is 24.3. The van der Waals surface area contributed by atoms with Gasteiger partial charge < -0.3 is 14.9 Å². The van der Waals surface area contributed by atoms with Crippen LogP contribution in [-0.2, 0) is 37.0 Å². The largest absolute Gasteiger partial charge is 0.361 e. The molecule has 6 rings (SSSR count). The quantitative estimate of drug-likeness (QED) is 0.196. The lowest BCUT2D eigenvalue weighted by Crippen LogP contribution is -2.44. The molecule has 42 heavy (non-hydrogen) atoms. The van der Waals surface area contributed by atoms with E-state index in [1.165, 1.54) is 27.6 Å². The lowest BCUT2D eigenvalue weighted by Gasteiger charge is -2.37. The molecule has 2 N–H and O–H groups in total. The second kappa shape index (κ2) is 13.2. The standard InChI is InChI=1S/C35H39N6O/c1-2-26-12-14-28(15-13-26)24-41-34(17-16-27-8-4-3-5-9-27)38-39-35(41)33(40-20-18-30(19-21-40)37-25-42)22-29-23-36-32-11-7-6-10-31(29)32/h3-15,23,30,33,36H,2,16-22,24H2,1H3,(H,37,42)/t33-/m1/s1. The van der Waals surface area contributed by atoms with Gasteiger partial charge in [-0.2, -0.15) is 0 Å². The highest BCUT2D eigenvalue weighted by Crippen LogP contribution is 2.31. The maximum atomic E-state index is 11.0. The number of nitrogens with zero attached hydrogens (tertiary/aromatic N) is 4. The number of aromatic nitrogens is 4. The fraction of sp³-hybridized carbons (Fsp3) is 0.343. The van der Waals surface area contributed by atoms with Crippen LogP contribution >= 0.6 is 0 Å². The van der Waals surface area contributed by atoms with Crippen molar-refractivity contribution in [3.05, 3.63) is 119 Å². The Morgan fingerprint density at radius 1 is 0.905 bits per heavy atom. The van der Waals surface area contributed by atoms with Crippen molar-refractivity contribution < 1.29 is 4.79 Å². The molecule has 5 aromatic rings. The fourth-order valence-corrected chi connectivity index (χ4v) is 6.25. The second-order valence-corrected chi connectivity index (χ2v) is 11.4. The highest BCUT2D eigenvalue weighted by atomic mass is 16.1. The number of aromatic amines is 1. The SMILES string of the molecule is CCc1ccc(Cn2c(CCc3ccccc3)nnc2[C@@H](Cc2c[nH]c3ccccc23)N2CCC(N[C]=O)CC2)cc1. The van der Waals surface area contributed by atoms with Crippen LogP contribution in [0.4, 0.5) is 0 Å².